The average molecular weight is 196 g/mol. The molecule has 0 nitrogen and oxygen atoms in total. The first-order chi connectivity index (χ1) is 6.40. The molecule has 0 heterocycles. The third-order valence-electron chi connectivity index (χ3n) is 3.48. The molecule has 0 heteroatoms. The molecule has 0 aliphatic rings. The number of hydrogen-bond acceptors (Lipinski definition) is 0. The second kappa shape index (κ2) is 6.27. The van der Waals surface area contributed by atoms with Gasteiger partial charge < -0.3 is 0 Å². The Labute approximate surface area is 90.8 Å². The molecule has 0 aromatic carbocycles. The quantitative estimate of drug-likeness (QED) is 0.491. The zero-order valence-corrected chi connectivity index (χ0v) is 10.8. The van der Waals surface area contributed by atoms with Crippen LogP contribution in [0.15, 0.2) is 12.2 Å². The van der Waals surface area contributed by atoms with Crippen molar-refractivity contribution in [2.75, 3.05) is 0 Å². The Kier molecular flexibility index (Phi) is 6.15. The van der Waals surface area contributed by atoms with Gasteiger partial charge in [0.2, 0.25) is 0 Å². The van der Waals surface area contributed by atoms with Crippen molar-refractivity contribution in [2.45, 2.75) is 66.7 Å². The van der Waals surface area contributed by atoms with Gasteiger partial charge in [-0.3, -0.25) is 0 Å². The Bertz CT molecular complexity index is 165. The summed E-state index contributed by atoms with van der Waals surface area (Å²) in [5.41, 5.74) is 1.83. The van der Waals surface area contributed by atoms with Crippen LogP contribution in [-0.4, -0.2) is 0 Å². The van der Waals surface area contributed by atoms with E-state index >= 15 is 0 Å². The van der Waals surface area contributed by atoms with Gasteiger partial charge in [-0.2, -0.15) is 0 Å². The smallest absolute Gasteiger partial charge is 0.0326 e. The Morgan fingerprint density at radius 1 is 1.36 bits per heavy atom. The molecular formula is C14H28. The van der Waals surface area contributed by atoms with Gasteiger partial charge in [0.15, 0.2) is 0 Å². The van der Waals surface area contributed by atoms with Crippen LogP contribution in [0.5, 0.6) is 0 Å². The van der Waals surface area contributed by atoms with Crippen molar-refractivity contribution in [1.82, 2.24) is 0 Å². The maximum atomic E-state index is 3.96. The molecular weight excluding hydrogens is 168 g/mol. The van der Waals surface area contributed by atoms with E-state index in [2.05, 4.69) is 41.2 Å². The van der Waals surface area contributed by atoms with Crippen LogP contribution >= 0.6 is 0 Å². The molecule has 0 radical (unpaired) electrons. The molecule has 1 atom stereocenters. The highest BCUT2D eigenvalue weighted by atomic mass is 14.3. The largest absolute Gasteiger partial charge is 0.100 e. The third kappa shape index (κ3) is 5.47. The summed E-state index contributed by atoms with van der Waals surface area (Å²) < 4.78 is 0. The van der Waals surface area contributed by atoms with E-state index in [9.17, 15) is 0 Å². The highest BCUT2D eigenvalue weighted by Crippen LogP contribution is 2.35. The van der Waals surface area contributed by atoms with Crippen LogP contribution in [0.4, 0.5) is 0 Å². The molecule has 0 aliphatic heterocycles. The average Bonchev–Trinajstić information content (AvgIpc) is 2.03. The van der Waals surface area contributed by atoms with E-state index in [1.807, 2.05) is 0 Å². The van der Waals surface area contributed by atoms with Gasteiger partial charge in [0.25, 0.3) is 0 Å². The van der Waals surface area contributed by atoms with Crippen LogP contribution in [0.25, 0.3) is 0 Å². The van der Waals surface area contributed by atoms with Crippen molar-refractivity contribution in [3.8, 4) is 0 Å². The lowest BCUT2D eigenvalue weighted by atomic mass is 9.74. The van der Waals surface area contributed by atoms with E-state index in [0.717, 1.165) is 5.92 Å². The third-order valence-corrected chi connectivity index (χ3v) is 3.48. The van der Waals surface area contributed by atoms with Crippen LogP contribution in [0.2, 0.25) is 0 Å². The molecule has 0 aromatic rings. The summed E-state index contributed by atoms with van der Waals surface area (Å²) in [4.78, 5) is 0. The van der Waals surface area contributed by atoms with Crippen LogP contribution in [0.3, 0.4) is 0 Å². The molecule has 0 aromatic heterocycles. The first-order valence-electron chi connectivity index (χ1n) is 6.04. The van der Waals surface area contributed by atoms with Gasteiger partial charge in [-0.1, -0.05) is 46.1 Å². The lowest BCUT2D eigenvalue weighted by molar-refractivity contribution is 0.194. The molecule has 1 unspecified atom stereocenters. The minimum Gasteiger partial charge on any atom is -0.100 e. The van der Waals surface area contributed by atoms with E-state index in [-0.39, 0.29) is 0 Å². The van der Waals surface area contributed by atoms with Crippen molar-refractivity contribution in [1.29, 1.82) is 0 Å². The topological polar surface area (TPSA) is 0 Å². The van der Waals surface area contributed by atoms with Crippen molar-refractivity contribution < 1.29 is 0 Å². The summed E-state index contributed by atoms with van der Waals surface area (Å²) in [6.07, 6.45) is 6.50. The molecule has 0 N–H and O–H groups in total. The lowest BCUT2D eigenvalue weighted by Gasteiger charge is -2.32. The molecule has 0 bridgehead atoms. The van der Waals surface area contributed by atoms with E-state index in [1.165, 1.54) is 37.7 Å². The van der Waals surface area contributed by atoms with E-state index < -0.39 is 0 Å². The number of hydrogen-bond donors (Lipinski definition) is 0. The fourth-order valence-electron chi connectivity index (χ4n) is 1.92. The van der Waals surface area contributed by atoms with E-state index in [4.69, 9.17) is 0 Å². The molecule has 0 aliphatic carbocycles. The maximum Gasteiger partial charge on any atom is -0.0326 e. The fourth-order valence-corrected chi connectivity index (χ4v) is 1.92. The Hall–Kier alpha value is -0.260. The van der Waals surface area contributed by atoms with Gasteiger partial charge in [-0.05, 0) is 37.5 Å². The first-order valence-corrected chi connectivity index (χ1v) is 6.04. The predicted octanol–water partition coefficient (Wildman–Crippen LogP) is 5.20. The number of allylic oxidation sites excluding steroid dienone is 1. The van der Waals surface area contributed by atoms with Gasteiger partial charge in [-0.15, -0.1) is 6.58 Å². The summed E-state index contributed by atoms with van der Waals surface area (Å²) in [5.74, 6) is 0.845. The van der Waals surface area contributed by atoms with Gasteiger partial charge in [-0.25, -0.2) is 0 Å². The van der Waals surface area contributed by atoms with Gasteiger partial charge >= 0.3 is 0 Å². The monoisotopic (exact) mass is 196 g/mol. The van der Waals surface area contributed by atoms with Crippen LogP contribution in [0, 0.1) is 11.3 Å². The van der Waals surface area contributed by atoms with Crippen LogP contribution in [0.1, 0.15) is 66.7 Å². The van der Waals surface area contributed by atoms with Crippen molar-refractivity contribution >= 4 is 0 Å². The normalized spacial score (nSPS) is 14.1. The highest BCUT2D eigenvalue weighted by molar-refractivity contribution is 4.88. The van der Waals surface area contributed by atoms with Crippen molar-refractivity contribution in [3.63, 3.8) is 0 Å². The summed E-state index contributed by atoms with van der Waals surface area (Å²) in [6.45, 7) is 15.6. The SMILES string of the molecule is C=C(C)CCCC(C)(C)C(C)CCC. The van der Waals surface area contributed by atoms with Crippen molar-refractivity contribution in [2.24, 2.45) is 11.3 Å². The highest BCUT2D eigenvalue weighted by Gasteiger charge is 2.24. The zero-order chi connectivity index (χ0) is 11.2. The second-order valence-corrected chi connectivity index (χ2v) is 5.49. The van der Waals surface area contributed by atoms with Crippen molar-refractivity contribution in [3.05, 3.63) is 12.2 Å². The standard InChI is InChI=1S/C14H28/c1-7-9-13(4)14(5,6)11-8-10-12(2)3/h13H,2,7-11H2,1,3-6H3. The minimum atomic E-state index is 0.505. The molecule has 0 rings (SSSR count). The van der Waals surface area contributed by atoms with Gasteiger partial charge in [0.1, 0.15) is 0 Å². The van der Waals surface area contributed by atoms with Gasteiger partial charge in [0.05, 0.1) is 0 Å². The van der Waals surface area contributed by atoms with Crippen LogP contribution < -0.4 is 0 Å². The Morgan fingerprint density at radius 2 is 1.93 bits per heavy atom. The summed E-state index contributed by atoms with van der Waals surface area (Å²) >= 11 is 0. The Balaban J connectivity index is 3.86. The Morgan fingerprint density at radius 3 is 2.36 bits per heavy atom. The summed E-state index contributed by atoms with van der Waals surface area (Å²) in [7, 11) is 0. The van der Waals surface area contributed by atoms with E-state index in [0.29, 0.717) is 5.41 Å². The molecule has 0 saturated carbocycles. The van der Waals surface area contributed by atoms with Crippen LogP contribution in [-0.2, 0) is 0 Å². The molecule has 0 spiro atoms. The first kappa shape index (κ1) is 13.7. The molecule has 0 fully saturated rings. The zero-order valence-electron chi connectivity index (χ0n) is 10.8. The maximum absolute atomic E-state index is 3.96. The van der Waals surface area contributed by atoms with E-state index in [1.54, 1.807) is 0 Å². The molecule has 84 valence electrons. The summed E-state index contributed by atoms with van der Waals surface area (Å²) in [6, 6.07) is 0. The predicted molar refractivity (Wildman–Crippen MR) is 66.5 cm³/mol. The summed E-state index contributed by atoms with van der Waals surface area (Å²) in [5, 5.41) is 0. The molecule has 14 heavy (non-hydrogen) atoms. The minimum absolute atomic E-state index is 0.505. The second-order valence-electron chi connectivity index (χ2n) is 5.49. The number of rotatable bonds is 7. The lowest BCUT2D eigenvalue weighted by Crippen LogP contribution is -2.21. The fraction of sp³-hybridized carbons (Fsp3) is 0.857. The van der Waals surface area contributed by atoms with Gasteiger partial charge in [0, 0.05) is 0 Å². The molecule has 0 amide bonds. The molecule has 0 saturated heterocycles.